The van der Waals surface area contributed by atoms with E-state index >= 15 is 0 Å². The number of hydrazone groups is 1. The molecule has 0 aliphatic heterocycles. The maximum atomic E-state index is 11.8. The number of rotatable bonds is 6. The number of hydrogen-bond donors (Lipinski definition) is 2. The van der Waals surface area contributed by atoms with Crippen molar-refractivity contribution in [1.82, 2.24) is 10.2 Å². The van der Waals surface area contributed by atoms with Crippen molar-refractivity contribution in [3.8, 4) is 17.6 Å². The second kappa shape index (κ2) is 9.55. The molecule has 0 bridgehead atoms. The van der Waals surface area contributed by atoms with Crippen LogP contribution in [0.1, 0.15) is 12.6 Å². The van der Waals surface area contributed by atoms with E-state index in [1.54, 1.807) is 25.1 Å². The van der Waals surface area contributed by atoms with E-state index in [2.05, 4.69) is 20.0 Å². The molecule has 1 aromatic heterocycles. The molecule has 0 saturated heterocycles. The third-order valence-corrected chi connectivity index (χ3v) is 4.80. The number of benzene rings is 2. The number of nitrogens with two attached hydrogens (primary N) is 1. The Balaban J connectivity index is 1.91. The number of aromatic nitrogens is 2. The lowest BCUT2D eigenvalue weighted by atomic mass is 10.2. The summed E-state index contributed by atoms with van der Waals surface area (Å²) in [6.45, 7) is 3.82. The van der Waals surface area contributed by atoms with Crippen LogP contribution < -0.4 is 15.5 Å². The first-order valence-electron chi connectivity index (χ1n) is 9.13. The molecule has 0 spiro atoms. The second-order valence-electron chi connectivity index (χ2n) is 6.34. The first-order valence-corrected chi connectivity index (χ1v) is 9.88. The Morgan fingerprint density at radius 2 is 1.97 bits per heavy atom. The summed E-state index contributed by atoms with van der Waals surface area (Å²) in [4.78, 5) is 22.5. The van der Waals surface area contributed by atoms with E-state index in [4.69, 9.17) is 38.9 Å². The molecule has 0 saturated carbocycles. The van der Waals surface area contributed by atoms with Crippen molar-refractivity contribution in [2.24, 2.45) is 10.8 Å². The number of nitrogens with one attached hydrogen (secondary N) is 1. The van der Waals surface area contributed by atoms with Crippen LogP contribution in [0.4, 0.5) is 10.5 Å². The smallest absolute Gasteiger partial charge is 0.412 e. The molecule has 0 fully saturated rings. The van der Waals surface area contributed by atoms with Crippen LogP contribution in [0.2, 0.25) is 10.0 Å². The zero-order valence-electron chi connectivity index (χ0n) is 16.8. The maximum Gasteiger partial charge on any atom is 0.412 e. The van der Waals surface area contributed by atoms with Gasteiger partial charge in [0.1, 0.15) is 11.8 Å². The molecule has 1 amide bonds. The molecule has 12 heteroatoms. The van der Waals surface area contributed by atoms with Gasteiger partial charge in [0, 0.05) is 11.9 Å². The average Bonchev–Trinajstić information content (AvgIpc) is 3.11. The van der Waals surface area contributed by atoms with E-state index in [0.717, 1.165) is 16.6 Å². The van der Waals surface area contributed by atoms with E-state index in [1.807, 2.05) is 13.0 Å². The molecule has 0 atom stereocenters. The van der Waals surface area contributed by atoms with E-state index < -0.39 is 17.8 Å². The Morgan fingerprint density at radius 1 is 1.28 bits per heavy atom. The lowest BCUT2D eigenvalue weighted by Gasteiger charge is -2.19. The largest absolute Gasteiger partial charge is 0.454 e. The summed E-state index contributed by atoms with van der Waals surface area (Å²) in [7, 11) is 0. The standard InChI is InChI=1S/C20H16Cl2N6O4/c1-3-28(27-17(9-23)19(29)32-20(24)30)11-6-14(21)18(15(22)7-11)31-12-4-5-16-13(8-12)10(2)25-26-16/h4-8H,3H2,1-2H3,(H2,24,30)(H,25,26). The number of aromatic amines is 1. The number of hydrogen-bond acceptors (Lipinski definition) is 8. The summed E-state index contributed by atoms with van der Waals surface area (Å²) in [6.07, 6.45) is -1.35. The van der Waals surface area contributed by atoms with Gasteiger partial charge < -0.3 is 15.2 Å². The van der Waals surface area contributed by atoms with Gasteiger partial charge in [-0.25, -0.2) is 9.59 Å². The Kier molecular flexibility index (Phi) is 6.82. The second-order valence-corrected chi connectivity index (χ2v) is 7.16. The number of halogens is 2. The Labute approximate surface area is 192 Å². The lowest BCUT2D eigenvalue weighted by Crippen LogP contribution is -2.27. The normalized spacial score (nSPS) is 11.2. The van der Waals surface area contributed by atoms with Gasteiger partial charge in [-0.05, 0) is 44.2 Å². The average molecular weight is 475 g/mol. The molecular formula is C20H16Cl2N6O4. The first-order chi connectivity index (χ1) is 15.2. The summed E-state index contributed by atoms with van der Waals surface area (Å²) in [5.41, 5.74) is 6.17. The molecule has 0 aliphatic carbocycles. The number of carbonyl (C=O) groups is 2. The van der Waals surface area contributed by atoms with Crippen molar-refractivity contribution >= 4 is 57.6 Å². The van der Waals surface area contributed by atoms with Crippen LogP contribution in [0.25, 0.3) is 10.9 Å². The van der Waals surface area contributed by atoms with Crippen molar-refractivity contribution < 1.29 is 19.1 Å². The van der Waals surface area contributed by atoms with Gasteiger partial charge in [0.2, 0.25) is 5.71 Å². The van der Waals surface area contributed by atoms with Gasteiger partial charge >= 0.3 is 12.1 Å². The van der Waals surface area contributed by atoms with Crippen molar-refractivity contribution in [2.75, 3.05) is 11.6 Å². The molecule has 2 aromatic carbocycles. The minimum Gasteiger partial charge on any atom is -0.454 e. The fourth-order valence-electron chi connectivity index (χ4n) is 2.78. The van der Waals surface area contributed by atoms with Crippen LogP contribution in [0.15, 0.2) is 35.4 Å². The number of nitrogens with zero attached hydrogens (tertiary/aromatic N) is 4. The fourth-order valence-corrected chi connectivity index (χ4v) is 3.33. The molecule has 0 radical (unpaired) electrons. The maximum absolute atomic E-state index is 11.8. The number of anilines is 1. The van der Waals surface area contributed by atoms with Gasteiger partial charge in [0.05, 0.1) is 26.9 Å². The Hall–Kier alpha value is -3.81. The van der Waals surface area contributed by atoms with Gasteiger partial charge in [-0.15, -0.1) is 0 Å². The molecule has 1 heterocycles. The van der Waals surface area contributed by atoms with Crippen LogP contribution >= 0.6 is 23.2 Å². The van der Waals surface area contributed by atoms with E-state index in [0.29, 0.717) is 11.4 Å². The van der Waals surface area contributed by atoms with Crippen molar-refractivity contribution in [3.63, 3.8) is 0 Å². The highest BCUT2D eigenvalue weighted by Crippen LogP contribution is 2.40. The number of esters is 1. The highest BCUT2D eigenvalue weighted by Gasteiger charge is 2.19. The minimum atomic E-state index is -1.35. The predicted octanol–water partition coefficient (Wildman–Crippen LogP) is 4.30. The van der Waals surface area contributed by atoms with Gasteiger partial charge in [-0.3, -0.25) is 10.1 Å². The van der Waals surface area contributed by atoms with Gasteiger partial charge in [-0.1, -0.05) is 23.2 Å². The van der Waals surface area contributed by atoms with Crippen LogP contribution in [-0.2, 0) is 9.53 Å². The molecule has 164 valence electrons. The van der Waals surface area contributed by atoms with Gasteiger partial charge in [0.25, 0.3) is 0 Å². The number of nitriles is 1. The number of H-pyrrole nitrogens is 1. The SMILES string of the molecule is CCN(N=C(C#N)C(=O)OC(N)=O)c1cc(Cl)c(Oc2ccc3[nH]nc(C)c3c2)c(Cl)c1. The monoisotopic (exact) mass is 474 g/mol. The van der Waals surface area contributed by atoms with E-state index in [-0.39, 0.29) is 22.3 Å². The summed E-state index contributed by atoms with van der Waals surface area (Å²) < 4.78 is 10.1. The molecule has 3 N–H and O–H groups in total. The Bertz CT molecular complexity index is 1260. The van der Waals surface area contributed by atoms with Crippen molar-refractivity contribution in [1.29, 1.82) is 5.26 Å². The zero-order chi connectivity index (χ0) is 23.4. The number of aryl methyl sites for hydroxylation is 1. The number of amides is 1. The van der Waals surface area contributed by atoms with Gasteiger partial charge in [0.15, 0.2) is 5.75 Å². The van der Waals surface area contributed by atoms with Crippen LogP contribution in [0.5, 0.6) is 11.5 Å². The van der Waals surface area contributed by atoms with Gasteiger partial charge in [-0.2, -0.15) is 15.5 Å². The van der Waals surface area contributed by atoms with Crippen LogP contribution in [-0.4, -0.2) is 34.5 Å². The topological polar surface area (TPSA) is 147 Å². The third kappa shape index (κ3) is 4.91. The minimum absolute atomic E-state index is 0.170. The number of carbonyl (C=O) groups excluding carboxylic acids is 2. The number of fused-ring (bicyclic) bond motifs is 1. The van der Waals surface area contributed by atoms with E-state index in [1.165, 1.54) is 17.1 Å². The Morgan fingerprint density at radius 3 is 2.56 bits per heavy atom. The first kappa shape index (κ1) is 22.9. The molecule has 0 aliphatic rings. The summed E-state index contributed by atoms with van der Waals surface area (Å²) in [5, 5.41) is 22.6. The zero-order valence-corrected chi connectivity index (χ0v) is 18.4. The molecule has 10 nitrogen and oxygen atoms in total. The number of primary amides is 1. The predicted molar refractivity (Wildman–Crippen MR) is 119 cm³/mol. The van der Waals surface area contributed by atoms with Crippen LogP contribution in [0.3, 0.4) is 0 Å². The molecule has 0 unspecified atom stereocenters. The summed E-state index contributed by atoms with van der Waals surface area (Å²) in [6, 6.07) is 9.94. The quantitative estimate of drug-likeness (QED) is 0.234. The molecule has 3 aromatic rings. The van der Waals surface area contributed by atoms with E-state index in [9.17, 15) is 9.59 Å². The highest BCUT2D eigenvalue weighted by atomic mass is 35.5. The number of ether oxygens (including phenoxy) is 2. The van der Waals surface area contributed by atoms with Crippen molar-refractivity contribution in [2.45, 2.75) is 13.8 Å². The highest BCUT2D eigenvalue weighted by molar-refractivity contribution is 6.44. The molecule has 32 heavy (non-hydrogen) atoms. The fraction of sp³-hybridized carbons (Fsp3) is 0.150. The van der Waals surface area contributed by atoms with Crippen molar-refractivity contribution in [3.05, 3.63) is 46.1 Å². The molecule has 3 rings (SSSR count). The summed E-state index contributed by atoms with van der Waals surface area (Å²) >= 11 is 12.8. The third-order valence-electron chi connectivity index (χ3n) is 4.24. The summed E-state index contributed by atoms with van der Waals surface area (Å²) in [5.74, 6) is -0.559. The van der Waals surface area contributed by atoms with Crippen LogP contribution in [0, 0.1) is 18.3 Å². The lowest BCUT2D eigenvalue weighted by molar-refractivity contribution is -0.129. The molecular weight excluding hydrogens is 459 g/mol.